The normalized spacial score (nSPS) is 19.9. The van der Waals surface area contributed by atoms with E-state index in [1.165, 1.54) is 18.5 Å². The number of piperidine rings is 1. The summed E-state index contributed by atoms with van der Waals surface area (Å²) in [5.74, 6) is 1.39. The molecule has 5 nitrogen and oxygen atoms in total. The van der Waals surface area contributed by atoms with Gasteiger partial charge in [-0.15, -0.1) is 12.4 Å². The van der Waals surface area contributed by atoms with E-state index < -0.39 is 0 Å². The van der Waals surface area contributed by atoms with Gasteiger partial charge in [0, 0.05) is 30.6 Å². The van der Waals surface area contributed by atoms with Gasteiger partial charge in [-0.25, -0.2) is 4.98 Å². The molecule has 0 saturated carbocycles. The fraction of sp³-hybridized carbons (Fsp3) is 0.455. The van der Waals surface area contributed by atoms with Crippen molar-refractivity contribution in [2.24, 2.45) is 0 Å². The molecule has 2 aromatic rings. The highest BCUT2D eigenvalue weighted by Crippen LogP contribution is 2.24. The Labute approximate surface area is 106 Å². The molecule has 1 saturated heterocycles. The summed E-state index contributed by atoms with van der Waals surface area (Å²) in [6.07, 6.45) is 6.02. The minimum atomic E-state index is 0. The number of aromatic amines is 2. The number of imidazole rings is 1. The van der Waals surface area contributed by atoms with Crippen LogP contribution >= 0.6 is 12.4 Å². The van der Waals surface area contributed by atoms with Crippen molar-refractivity contribution in [1.29, 1.82) is 0 Å². The van der Waals surface area contributed by atoms with Crippen molar-refractivity contribution in [3.63, 3.8) is 0 Å². The molecule has 0 radical (unpaired) electrons. The molecule has 92 valence electrons. The molecular weight excluding hydrogens is 238 g/mol. The molecule has 0 unspecified atom stereocenters. The van der Waals surface area contributed by atoms with Crippen molar-refractivity contribution >= 4 is 12.4 Å². The Hall–Kier alpha value is -1.33. The fourth-order valence-corrected chi connectivity index (χ4v) is 2.19. The van der Waals surface area contributed by atoms with Crippen LogP contribution in [0, 0.1) is 0 Å². The van der Waals surface area contributed by atoms with Crippen molar-refractivity contribution < 1.29 is 0 Å². The molecule has 17 heavy (non-hydrogen) atoms. The molecule has 3 N–H and O–H groups in total. The van der Waals surface area contributed by atoms with E-state index >= 15 is 0 Å². The molecule has 0 spiro atoms. The van der Waals surface area contributed by atoms with Crippen LogP contribution in [-0.4, -0.2) is 33.3 Å². The zero-order valence-electron chi connectivity index (χ0n) is 9.44. The first-order valence-electron chi connectivity index (χ1n) is 5.69. The van der Waals surface area contributed by atoms with Gasteiger partial charge in [0.2, 0.25) is 0 Å². The number of H-pyrrole nitrogens is 2. The minimum Gasteiger partial charge on any atom is -0.343 e. The molecule has 0 aromatic carbocycles. The smallest absolute Gasteiger partial charge is 0.157 e. The fourth-order valence-electron chi connectivity index (χ4n) is 2.19. The second-order valence-corrected chi connectivity index (χ2v) is 4.19. The van der Waals surface area contributed by atoms with Gasteiger partial charge >= 0.3 is 0 Å². The summed E-state index contributed by atoms with van der Waals surface area (Å²) in [6, 6.07) is 2.09. The zero-order chi connectivity index (χ0) is 10.8. The van der Waals surface area contributed by atoms with E-state index in [1.807, 2.05) is 6.20 Å². The van der Waals surface area contributed by atoms with Gasteiger partial charge in [0.05, 0.1) is 0 Å². The molecule has 2 aromatic heterocycles. The monoisotopic (exact) mass is 253 g/mol. The van der Waals surface area contributed by atoms with E-state index in [9.17, 15) is 0 Å². The van der Waals surface area contributed by atoms with Crippen LogP contribution in [-0.2, 0) is 0 Å². The van der Waals surface area contributed by atoms with Gasteiger partial charge in [0.25, 0.3) is 0 Å². The standard InChI is InChI=1S/C11H15N5.ClH/c1-2-8(7-12-3-1)9-6-10(16-15-9)11-13-4-5-14-11;/h4-6,8,12H,1-3,7H2,(H,13,14)(H,15,16);1H/t8-;/m0./s1. The van der Waals surface area contributed by atoms with Crippen LogP contribution in [0.15, 0.2) is 18.5 Å². The van der Waals surface area contributed by atoms with Crippen molar-refractivity contribution in [3.05, 3.63) is 24.2 Å². The van der Waals surface area contributed by atoms with Gasteiger partial charge in [-0.1, -0.05) is 0 Å². The largest absolute Gasteiger partial charge is 0.343 e. The number of rotatable bonds is 2. The Morgan fingerprint density at radius 3 is 3.00 bits per heavy atom. The van der Waals surface area contributed by atoms with Gasteiger partial charge in [-0.2, -0.15) is 5.10 Å². The number of hydrogen-bond donors (Lipinski definition) is 3. The molecule has 1 aliphatic heterocycles. The van der Waals surface area contributed by atoms with E-state index in [2.05, 4.69) is 31.5 Å². The first kappa shape index (κ1) is 12.1. The molecule has 1 fully saturated rings. The van der Waals surface area contributed by atoms with E-state index in [1.54, 1.807) is 6.20 Å². The molecular formula is C11H16ClN5. The summed E-state index contributed by atoms with van der Waals surface area (Å²) in [5, 5.41) is 10.8. The maximum absolute atomic E-state index is 4.29. The number of hydrogen-bond acceptors (Lipinski definition) is 3. The van der Waals surface area contributed by atoms with Crippen LogP contribution in [0.1, 0.15) is 24.5 Å². The summed E-state index contributed by atoms with van der Waals surface area (Å²) in [7, 11) is 0. The quantitative estimate of drug-likeness (QED) is 0.763. The zero-order valence-corrected chi connectivity index (χ0v) is 10.3. The third-order valence-electron chi connectivity index (χ3n) is 3.08. The van der Waals surface area contributed by atoms with Gasteiger partial charge in [0.1, 0.15) is 5.69 Å². The van der Waals surface area contributed by atoms with Crippen molar-refractivity contribution in [1.82, 2.24) is 25.5 Å². The number of aromatic nitrogens is 4. The van der Waals surface area contributed by atoms with E-state index in [0.717, 1.165) is 24.6 Å². The summed E-state index contributed by atoms with van der Waals surface area (Å²) < 4.78 is 0. The second-order valence-electron chi connectivity index (χ2n) is 4.19. The Morgan fingerprint density at radius 2 is 2.29 bits per heavy atom. The van der Waals surface area contributed by atoms with Crippen LogP contribution in [0.3, 0.4) is 0 Å². The third-order valence-corrected chi connectivity index (χ3v) is 3.08. The van der Waals surface area contributed by atoms with Gasteiger partial charge < -0.3 is 10.3 Å². The molecule has 6 heteroatoms. The van der Waals surface area contributed by atoms with Crippen LogP contribution in [0.2, 0.25) is 0 Å². The maximum atomic E-state index is 4.29. The summed E-state index contributed by atoms with van der Waals surface area (Å²) in [4.78, 5) is 7.25. The molecule has 3 rings (SSSR count). The first-order valence-corrected chi connectivity index (χ1v) is 5.69. The highest BCUT2D eigenvalue weighted by atomic mass is 35.5. The molecule has 3 heterocycles. The van der Waals surface area contributed by atoms with E-state index in [4.69, 9.17) is 0 Å². The lowest BCUT2D eigenvalue weighted by Crippen LogP contribution is -2.28. The Kier molecular flexibility index (Phi) is 3.81. The Balaban J connectivity index is 0.00000108. The SMILES string of the molecule is Cl.c1c[nH]c(-c2cc([C@H]3CCCNC3)[nH]n2)n1. The topological polar surface area (TPSA) is 69.4 Å². The number of halogens is 1. The van der Waals surface area contributed by atoms with Gasteiger partial charge in [-0.05, 0) is 25.5 Å². The lowest BCUT2D eigenvalue weighted by Gasteiger charge is -2.21. The minimum absolute atomic E-state index is 0. The van der Waals surface area contributed by atoms with Crippen molar-refractivity contribution in [3.8, 4) is 11.5 Å². The average molecular weight is 254 g/mol. The second kappa shape index (κ2) is 5.33. The lowest BCUT2D eigenvalue weighted by molar-refractivity contribution is 0.454. The van der Waals surface area contributed by atoms with Crippen LogP contribution < -0.4 is 5.32 Å². The predicted molar refractivity (Wildman–Crippen MR) is 68.3 cm³/mol. The lowest BCUT2D eigenvalue weighted by atomic mass is 9.96. The van der Waals surface area contributed by atoms with Crippen molar-refractivity contribution in [2.75, 3.05) is 13.1 Å². The summed E-state index contributed by atoms with van der Waals surface area (Å²) in [6.45, 7) is 2.18. The first-order chi connectivity index (χ1) is 7.93. The van der Waals surface area contributed by atoms with Crippen LogP contribution in [0.4, 0.5) is 0 Å². The Morgan fingerprint density at radius 1 is 1.35 bits per heavy atom. The average Bonchev–Trinajstić information content (AvgIpc) is 3.01. The molecule has 1 aliphatic rings. The van der Waals surface area contributed by atoms with E-state index in [0.29, 0.717) is 5.92 Å². The maximum Gasteiger partial charge on any atom is 0.157 e. The predicted octanol–water partition coefficient (Wildman–Crippen LogP) is 1.69. The molecule has 0 aliphatic carbocycles. The summed E-state index contributed by atoms with van der Waals surface area (Å²) >= 11 is 0. The number of nitrogens with one attached hydrogen (secondary N) is 3. The highest BCUT2D eigenvalue weighted by Gasteiger charge is 2.18. The third kappa shape index (κ3) is 2.50. The van der Waals surface area contributed by atoms with Crippen molar-refractivity contribution in [2.45, 2.75) is 18.8 Å². The molecule has 1 atom stereocenters. The summed E-state index contributed by atoms with van der Waals surface area (Å²) in [5.41, 5.74) is 2.10. The number of nitrogens with zero attached hydrogens (tertiary/aromatic N) is 2. The van der Waals surface area contributed by atoms with E-state index in [-0.39, 0.29) is 12.4 Å². The highest BCUT2D eigenvalue weighted by molar-refractivity contribution is 5.85. The van der Waals surface area contributed by atoms with Gasteiger partial charge in [0.15, 0.2) is 5.82 Å². The molecule has 0 amide bonds. The van der Waals surface area contributed by atoms with Crippen LogP contribution in [0.5, 0.6) is 0 Å². The van der Waals surface area contributed by atoms with Gasteiger partial charge in [-0.3, -0.25) is 5.10 Å². The molecule has 0 bridgehead atoms. The van der Waals surface area contributed by atoms with Crippen LogP contribution in [0.25, 0.3) is 11.5 Å². The Bertz CT molecular complexity index is 444.